The predicted octanol–water partition coefficient (Wildman–Crippen LogP) is 1.90. The molecule has 0 bridgehead atoms. The fraction of sp³-hybridized carbons (Fsp3) is 0.429. The lowest BCUT2D eigenvalue weighted by Crippen LogP contribution is -2.20. The smallest absolute Gasteiger partial charge is 0.224 e. The number of amides is 2. The fourth-order valence-electron chi connectivity index (χ4n) is 1.68. The van der Waals surface area contributed by atoms with Crippen molar-refractivity contribution in [2.45, 2.75) is 32.6 Å². The van der Waals surface area contributed by atoms with Crippen molar-refractivity contribution < 1.29 is 9.59 Å². The first kappa shape index (κ1) is 15.0. The predicted molar refractivity (Wildman–Crippen MR) is 76.6 cm³/mol. The van der Waals surface area contributed by atoms with Crippen LogP contribution in [0, 0.1) is 0 Å². The van der Waals surface area contributed by atoms with Crippen LogP contribution in [0.15, 0.2) is 24.3 Å². The first-order chi connectivity index (χ1) is 9.09. The van der Waals surface area contributed by atoms with E-state index in [0.717, 1.165) is 19.3 Å². The van der Waals surface area contributed by atoms with Crippen LogP contribution in [0.3, 0.4) is 0 Å². The third-order valence-electron chi connectivity index (χ3n) is 2.69. The molecular weight excluding hydrogens is 242 g/mol. The normalized spacial score (nSPS) is 9.95. The standard InChI is InChI=1S/C14H21N3O2/c1-11(18)16-10-6-2-3-9-14(19)17-13-8-5-4-7-12(13)15/h4-5,7-8H,2-3,6,9-10,15H2,1H3,(H,16,18)(H,17,19). The van der Waals surface area contributed by atoms with Gasteiger partial charge in [-0.2, -0.15) is 0 Å². The van der Waals surface area contributed by atoms with Crippen LogP contribution in [0.4, 0.5) is 11.4 Å². The van der Waals surface area contributed by atoms with E-state index in [9.17, 15) is 9.59 Å². The van der Waals surface area contributed by atoms with Gasteiger partial charge in [0.05, 0.1) is 11.4 Å². The van der Waals surface area contributed by atoms with Crippen molar-refractivity contribution in [3.63, 3.8) is 0 Å². The summed E-state index contributed by atoms with van der Waals surface area (Å²) in [6, 6.07) is 7.19. The summed E-state index contributed by atoms with van der Waals surface area (Å²) in [7, 11) is 0. The van der Waals surface area contributed by atoms with Gasteiger partial charge in [0, 0.05) is 19.9 Å². The summed E-state index contributed by atoms with van der Waals surface area (Å²) in [5.74, 6) is -0.0466. The molecule has 1 aromatic carbocycles. The van der Waals surface area contributed by atoms with Crippen molar-refractivity contribution in [3.05, 3.63) is 24.3 Å². The lowest BCUT2D eigenvalue weighted by Gasteiger charge is -2.07. The molecule has 0 unspecified atom stereocenters. The van der Waals surface area contributed by atoms with Gasteiger partial charge in [-0.25, -0.2) is 0 Å². The van der Waals surface area contributed by atoms with Gasteiger partial charge < -0.3 is 16.4 Å². The molecule has 5 nitrogen and oxygen atoms in total. The first-order valence-electron chi connectivity index (χ1n) is 6.48. The first-order valence-corrected chi connectivity index (χ1v) is 6.48. The lowest BCUT2D eigenvalue weighted by molar-refractivity contribution is -0.119. The number of anilines is 2. The number of nitrogens with one attached hydrogen (secondary N) is 2. The van der Waals surface area contributed by atoms with Crippen molar-refractivity contribution in [1.82, 2.24) is 5.32 Å². The molecule has 19 heavy (non-hydrogen) atoms. The van der Waals surface area contributed by atoms with Gasteiger partial charge >= 0.3 is 0 Å². The van der Waals surface area contributed by atoms with Crippen LogP contribution in [0.2, 0.25) is 0 Å². The number of nitrogens with two attached hydrogens (primary N) is 1. The highest BCUT2D eigenvalue weighted by atomic mass is 16.2. The minimum Gasteiger partial charge on any atom is -0.397 e. The summed E-state index contributed by atoms with van der Waals surface area (Å²) in [5.41, 5.74) is 6.97. The molecule has 4 N–H and O–H groups in total. The topological polar surface area (TPSA) is 84.2 Å². The number of benzene rings is 1. The van der Waals surface area contributed by atoms with E-state index in [1.54, 1.807) is 12.1 Å². The van der Waals surface area contributed by atoms with E-state index < -0.39 is 0 Å². The SMILES string of the molecule is CC(=O)NCCCCCC(=O)Nc1ccccc1N. The minimum atomic E-state index is -0.0302. The van der Waals surface area contributed by atoms with Crippen molar-refractivity contribution >= 4 is 23.2 Å². The highest BCUT2D eigenvalue weighted by Crippen LogP contribution is 2.17. The molecule has 1 aromatic rings. The number of para-hydroxylation sites is 2. The number of hydrogen-bond acceptors (Lipinski definition) is 3. The molecule has 2 amide bonds. The summed E-state index contributed by atoms with van der Waals surface area (Å²) in [6.07, 6.45) is 3.07. The highest BCUT2D eigenvalue weighted by Gasteiger charge is 2.04. The van der Waals surface area contributed by atoms with Gasteiger partial charge in [0.2, 0.25) is 11.8 Å². The molecule has 0 fully saturated rings. The van der Waals surface area contributed by atoms with Gasteiger partial charge in [-0.1, -0.05) is 18.6 Å². The summed E-state index contributed by atoms with van der Waals surface area (Å²) >= 11 is 0. The average Bonchev–Trinajstić information content (AvgIpc) is 2.36. The highest BCUT2D eigenvalue weighted by molar-refractivity contribution is 5.93. The Labute approximate surface area is 113 Å². The van der Waals surface area contributed by atoms with Crippen molar-refractivity contribution in [2.75, 3.05) is 17.6 Å². The van der Waals surface area contributed by atoms with Crippen LogP contribution in [0.5, 0.6) is 0 Å². The second kappa shape index (κ2) is 8.13. The van der Waals surface area contributed by atoms with Crippen molar-refractivity contribution in [2.24, 2.45) is 0 Å². The van der Waals surface area contributed by atoms with Crippen LogP contribution in [-0.4, -0.2) is 18.4 Å². The van der Waals surface area contributed by atoms with E-state index in [1.807, 2.05) is 12.1 Å². The van der Waals surface area contributed by atoms with Gasteiger partial charge in [-0.05, 0) is 25.0 Å². The van der Waals surface area contributed by atoms with Crippen LogP contribution in [0.1, 0.15) is 32.6 Å². The van der Waals surface area contributed by atoms with Gasteiger partial charge in [-0.3, -0.25) is 9.59 Å². The molecule has 0 spiro atoms. The molecular formula is C14H21N3O2. The second-order valence-corrected chi connectivity index (χ2v) is 4.43. The van der Waals surface area contributed by atoms with E-state index in [-0.39, 0.29) is 11.8 Å². The Kier molecular flexibility index (Phi) is 6.43. The maximum atomic E-state index is 11.7. The molecule has 0 aromatic heterocycles. The van der Waals surface area contributed by atoms with Gasteiger partial charge in [-0.15, -0.1) is 0 Å². The Bertz CT molecular complexity index is 432. The Balaban J connectivity index is 2.15. The summed E-state index contributed by atoms with van der Waals surface area (Å²) in [6.45, 7) is 2.17. The average molecular weight is 263 g/mol. The molecule has 0 aliphatic heterocycles. The molecule has 0 saturated heterocycles. The number of unbranched alkanes of at least 4 members (excludes halogenated alkanes) is 2. The zero-order chi connectivity index (χ0) is 14.1. The Morgan fingerprint density at radius 1 is 1.16 bits per heavy atom. The molecule has 104 valence electrons. The minimum absolute atomic E-state index is 0.0164. The summed E-state index contributed by atoms with van der Waals surface area (Å²) in [5, 5.41) is 5.51. The van der Waals surface area contributed by atoms with Crippen molar-refractivity contribution in [3.8, 4) is 0 Å². The molecule has 0 radical (unpaired) electrons. The molecule has 0 saturated carbocycles. The lowest BCUT2D eigenvalue weighted by atomic mass is 10.2. The zero-order valence-electron chi connectivity index (χ0n) is 11.2. The Morgan fingerprint density at radius 3 is 2.58 bits per heavy atom. The van der Waals surface area contributed by atoms with Crippen LogP contribution < -0.4 is 16.4 Å². The van der Waals surface area contributed by atoms with E-state index in [1.165, 1.54) is 6.92 Å². The summed E-state index contributed by atoms with van der Waals surface area (Å²) in [4.78, 5) is 22.3. The molecule has 0 aliphatic rings. The molecule has 5 heteroatoms. The second-order valence-electron chi connectivity index (χ2n) is 4.43. The van der Waals surface area contributed by atoms with Gasteiger partial charge in [0.1, 0.15) is 0 Å². The maximum absolute atomic E-state index is 11.7. The molecule has 1 rings (SSSR count). The molecule has 0 heterocycles. The monoisotopic (exact) mass is 263 g/mol. The van der Waals surface area contributed by atoms with Gasteiger partial charge in [0.15, 0.2) is 0 Å². The fourth-order valence-corrected chi connectivity index (χ4v) is 1.68. The Morgan fingerprint density at radius 2 is 1.89 bits per heavy atom. The number of carbonyl (C=O) groups is 2. The van der Waals surface area contributed by atoms with E-state index in [2.05, 4.69) is 10.6 Å². The van der Waals surface area contributed by atoms with Crippen LogP contribution >= 0.6 is 0 Å². The quantitative estimate of drug-likeness (QED) is 0.519. The maximum Gasteiger partial charge on any atom is 0.224 e. The Hall–Kier alpha value is -2.04. The van der Waals surface area contributed by atoms with E-state index >= 15 is 0 Å². The van der Waals surface area contributed by atoms with Crippen LogP contribution in [0.25, 0.3) is 0 Å². The summed E-state index contributed by atoms with van der Waals surface area (Å²) < 4.78 is 0. The van der Waals surface area contributed by atoms with Crippen molar-refractivity contribution in [1.29, 1.82) is 0 Å². The van der Waals surface area contributed by atoms with E-state index in [0.29, 0.717) is 24.3 Å². The third kappa shape index (κ3) is 6.45. The number of carbonyl (C=O) groups excluding carboxylic acids is 2. The van der Waals surface area contributed by atoms with Crippen LogP contribution in [-0.2, 0) is 9.59 Å². The third-order valence-corrected chi connectivity index (χ3v) is 2.69. The molecule has 0 aliphatic carbocycles. The number of rotatable bonds is 7. The number of hydrogen-bond donors (Lipinski definition) is 3. The van der Waals surface area contributed by atoms with Gasteiger partial charge in [0.25, 0.3) is 0 Å². The largest absolute Gasteiger partial charge is 0.397 e. The van der Waals surface area contributed by atoms with E-state index in [4.69, 9.17) is 5.73 Å². The number of nitrogen functional groups attached to an aromatic ring is 1. The molecule has 0 atom stereocenters. The zero-order valence-corrected chi connectivity index (χ0v) is 11.2.